The smallest absolute Gasteiger partial charge is 0.269 e. The number of aromatic amines is 1. The predicted molar refractivity (Wildman–Crippen MR) is 132 cm³/mol. The molecule has 0 aliphatic heterocycles. The summed E-state index contributed by atoms with van der Waals surface area (Å²) in [6.45, 7) is 2.33. The number of nitrogens with one attached hydrogen (secondary N) is 4. The Labute approximate surface area is 202 Å². The Bertz CT molecular complexity index is 1450. The quantitative estimate of drug-likeness (QED) is 0.280. The maximum absolute atomic E-state index is 12.6. The summed E-state index contributed by atoms with van der Waals surface area (Å²) in [6, 6.07) is 19.5. The minimum atomic E-state index is -3.81. The lowest BCUT2D eigenvalue weighted by atomic mass is 10.1. The summed E-state index contributed by atoms with van der Waals surface area (Å²) in [5.74, 6) is -0.323. The Morgan fingerprint density at radius 3 is 2.34 bits per heavy atom. The van der Waals surface area contributed by atoms with Gasteiger partial charge in [-0.15, -0.1) is 0 Å². The van der Waals surface area contributed by atoms with Crippen LogP contribution in [-0.2, 0) is 21.2 Å². The number of ether oxygens (including phenoxy) is 1. The van der Waals surface area contributed by atoms with Crippen molar-refractivity contribution in [1.29, 1.82) is 0 Å². The lowest BCUT2D eigenvalue weighted by Crippen LogP contribution is -2.42. The molecule has 0 unspecified atom stereocenters. The van der Waals surface area contributed by atoms with Crippen molar-refractivity contribution in [2.45, 2.75) is 18.2 Å². The molecule has 0 spiro atoms. The fourth-order valence-electron chi connectivity index (χ4n) is 3.48. The number of hydrogen-bond acceptors (Lipinski definition) is 5. The number of fused-ring (bicyclic) bond motifs is 1. The lowest BCUT2D eigenvalue weighted by Gasteiger charge is -2.10. The molecule has 180 valence electrons. The first-order chi connectivity index (χ1) is 16.9. The van der Waals surface area contributed by atoms with Gasteiger partial charge < -0.3 is 9.72 Å². The fraction of sp³-hybridized carbons (Fsp3) is 0.120. The monoisotopic (exact) mass is 492 g/mol. The molecule has 1 heterocycles. The number of sulfonamides is 1. The number of H-pyrrole nitrogens is 1. The number of carbonyl (C=O) groups is 2. The second-order valence-corrected chi connectivity index (χ2v) is 9.31. The average Bonchev–Trinajstić information content (AvgIpc) is 3.26. The van der Waals surface area contributed by atoms with Gasteiger partial charge in [0.15, 0.2) is 0 Å². The standard InChI is InChI=1S/C25H24N4O5S/c1-2-34-20-11-13-21(14-12-20)35(32,33)29-19-9-7-17(8-10-19)25(31)28-27-24(30)15-18-16-26-23-6-4-3-5-22(18)23/h3-14,16,26,29H,2,15H2,1H3,(H,27,30)(H,28,31). The van der Waals surface area contributed by atoms with Crippen molar-refractivity contribution in [1.82, 2.24) is 15.8 Å². The van der Waals surface area contributed by atoms with E-state index in [1.807, 2.05) is 31.2 Å². The molecular weight excluding hydrogens is 468 g/mol. The summed E-state index contributed by atoms with van der Waals surface area (Å²) in [5, 5.41) is 0.942. The Hall–Kier alpha value is -4.31. The van der Waals surface area contributed by atoms with Gasteiger partial charge in [-0.05, 0) is 67.1 Å². The highest BCUT2D eigenvalue weighted by Gasteiger charge is 2.15. The molecule has 9 nitrogen and oxygen atoms in total. The third-order valence-electron chi connectivity index (χ3n) is 5.19. The van der Waals surface area contributed by atoms with Crippen LogP contribution >= 0.6 is 0 Å². The van der Waals surface area contributed by atoms with Crippen LogP contribution in [0.15, 0.2) is 83.9 Å². The van der Waals surface area contributed by atoms with Crippen molar-refractivity contribution in [3.63, 3.8) is 0 Å². The molecule has 35 heavy (non-hydrogen) atoms. The highest BCUT2D eigenvalue weighted by Crippen LogP contribution is 2.20. The largest absolute Gasteiger partial charge is 0.494 e. The zero-order valence-electron chi connectivity index (χ0n) is 18.9. The highest BCUT2D eigenvalue weighted by atomic mass is 32.2. The van der Waals surface area contributed by atoms with Crippen molar-refractivity contribution in [2.75, 3.05) is 11.3 Å². The van der Waals surface area contributed by atoms with Crippen LogP contribution in [0.2, 0.25) is 0 Å². The summed E-state index contributed by atoms with van der Waals surface area (Å²) in [7, 11) is -3.81. The number of benzene rings is 3. The van der Waals surface area contributed by atoms with Gasteiger partial charge in [-0.1, -0.05) is 18.2 Å². The number of hydrogen-bond donors (Lipinski definition) is 4. The minimum Gasteiger partial charge on any atom is -0.494 e. The second kappa shape index (κ2) is 10.3. The van der Waals surface area contributed by atoms with E-state index >= 15 is 0 Å². The van der Waals surface area contributed by atoms with E-state index in [0.29, 0.717) is 18.0 Å². The van der Waals surface area contributed by atoms with Crippen molar-refractivity contribution in [3.8, 4) is 5.75 Å². The van der Waals surface area contributed by atoms with E-state index in [4.69, 9.17) is 4.74 Å². The third kappa shape index (κ3) is 5.79. The summed E-state index contributed by atoms with van der Waals surface area (Å²) in [6.07, 6.45) is 1.86. The van der Waals surface area contributed by atoms with E-state index in [-0.39, 0.29) is 22.8 Å². The molecule has 3 aromatic carbocycles. The number of rotatable bonds is 8. The van der Waals surface area contributed by atoms with Crippen LogP contribution in [0.5, 0.6) is 5.75 Å². The molecular formula is C25H24N4O5S. The number of para-hydroxylation sites is 1. The van der Waals surface area contributed by atoms with E-state index in [0.717, 1.165) is 16.5 Å². The fourth-order valence-corrected chi connectivity index (χ4v) is 4.54. The first-order valence-electron chi connectivity index (χ1n) is 10.9. The van der Waals surface area contributed by atoms with E-state index in [1.54, 1.807) is 18.3 Å². The zero-order chi connectivity index (χ0) is 24.8. The Morgan fingerprint density at radius 2 is 1.63 bits per heavy atom. The number of hydrazine groups is 1. The van der Waals surface area contributed by atoms with Crippen LogP contribution in [-0.4, -0.2) is 31.8 Å². The topological polar surface area (TPSA) is 129 Å². The third-order valence-corrected chi connectivity index (χ3v) is 6.58. The van der Waals surface area contributed by atoms with Gasteiger partial charge >= 0.3 is 0 Å². The van der Waals surface area contributed by atoms with Crippen molar-refractivity contribution < 1.29 is 22.7 Å². The molecule has 0 saturated carbocycles. The van der Waals surface area contributed by atoms with E-state index in [1.165, 1.54) is 36.4 Å². The molecule has 1 aromatic heterocycles. The molecule has 2 amide bonds. The summed E-state index contributed by atoms with van der Waals surface area (Å²) < 4.78 is 33.0. The maximum Gasteiger partial charge on any atom is 0.269 e. The minimum absolute atomic E-state index is 0.0840. The van der Waals surface area contributed by atoms with Crippen LogP contribution in [0.4, 0.5) is 5.69 Å². The number of aromatic nitrogens is 1. The molecule has 4 rings (SSSR count). The van der Waals surface area contributed by atoms with Crippen LogP contribution < -0.4 is 20.3 Å². The van der Waals surface area contributed by atoms with Gasteiger partial charge in [0.2, 0.25) is 5.91 Å². The predicted octanol–water partition coefficient (Wildman–Crippen LogP) is 3.37. The Morgan fingerprint density at radius 1 is 0.914 bits per heavy atom. The normalized spacial score (nSPS) is 11.1. The average molecular weight is 493 g/mol. The number of carbonyl (C=O) groups excluding carboxylic acids is 2. The van der Waals surface area contributed by atoms with Crippen molar-refractivity contribution in [2.24, 2.45) is 0 Å². The van der Waals surface area contributed by atoms with Gasteiger partial charge in [-0.3, -0.25) is 25.2 Å². The number of anilines is 1. The van der Waals surface area contributed by atoms with E-state index < -0.39 is 15.9 Å². The van der Waals surface area contributed by atoms with Crippen LogP contribution in [0.1, 0.15) is 22.8 Å². The number of amides is 2. The summed E-state index contributed by atoms with van der Waals surface area (Å²) in [4.78, 5) is 27.8. The molecule has 0 saturated heterocycles. The lowest BCUT2D eigenvalue weighted by molar-refractivity contribution is -0.121. The molecule has 0 radical (unpaired) electrons. The summed E-state index contributed by atoms with van der Waals surface area (Å²) >= 11 is 0. The van der Waals surface area contributed by atoms with Crippen LogP contribution in [0.25, 0.3) is 10.9 Å². The molecule has 0 aliphatic rings. The second-order valence-electron chi connectivity index (χ2n) is 7.63. The Balaban J connectivity index is 1.32. The van der Waals surface area contributed by atoms with E-state index in [2.05, 4.69) is 20.6 Å². The van der Waals surface area contributed by atoms with Gasteiger partial charge in [-0.25, -0.2) is 8.42 Å². The Kier molecular flexibility index (Phi) is 7.02. The zero-order valence-corrected chi connectivity index (χ0v) is 19.7. The highest BCUT2D eigenvalue weighted by molar-refractivity contribution is 7.92. The van der Waals surface area contributed by atoms with Crippen LogP contribution in [0, 0.1) is 0 Å². The maximum atomic E-state index is 12.6. The SMILES string of the molecule is CCOc1ccc(S(=O)(=O)Nc2ccc(C(=O)NNC(=O)Cc3c[nH]c4ccccc34)cc2)cc1. The molecule has 0 bridgehead atoms. The van der Waals surface area contributed by atoms with Gasteiger partial charge in [0, 0.05) is 28.4 Å². The van der Waals surface area contributed by atoms with Crippen molar-refractivity contribution in [3.05, 3.63) is 90.1 Å². The molecule has 0 aliphatic carbocycles. The molecule has 0 fully saturated rings. The molecule has 4 N–H and O–H groups in total. The van der Waals surface area contributed by atoms with Gasteiger partial charge in [0.1, 0.15) is 5.75 Å². The first kappa shape index (κ1) is 23.8. The molecule has 10 heteroatoms. The van der Waals surface area contributed by atoms with Gasteiger partial charge in [-0.2, -0.15) is 0 Å². The van der Waals surface area contributed by atoms with Crippen molar-refractivity contribution >= 4 is 38.4 Å². The van der Waals surface area contributed by atoms with Gasteiger partial charge in [0.25, 0.3) is 15.9 Å². The van der Waals surface area contributed by atoms with Crippen LogP contribution in [0.3, 0.4) is 0 Å². The van der Waals surface area contributed by atoms with E-state index in [9.17, 15) is 18.0 Å². The molecule has 4 aromatic rings. The van der Waals surface area contributed by atoms with Gasteiger partial charge in [0.05, 0.1) is 17.9 Å². The summed E-state index contributed by atoms with van der Waals surface area (Å²) in [5.41, 5.74) is 7.05. The first-order valence-corrected chi connectivity index (χ1v) is 12.3. The molecule has 0 atom stereocenters.